The standard InChI is InChI=1S/C16H24Br2N2O/c1-2-3-4-5-15(20-8-6-19-7-9-20)12-10-13(17)16(21)14(18)11-12/h10-11,15,19,21H,2-9H2,1H3/t15-/m1/s1. The van der Waals surface area contributed by atoms with Crippen molar-refractivity contribution in [2.75, 3.05) is 26.2 Å². The molecule has 2 rings (SSSR count). The first-order valence-electron chi connectivity index (χ1n) is 7.76. The highest BCUT2D eigenvalue weighted by Crippen LogP contribution is 2.37. The second-order valence-electron chi connectivity index (χ2n) is 5.63. The fraction of sp³-hybridized carbons (Fsp3) is 0.625. The molecule has 0 unspecified atom stereocenters. The zero-order valence-corrected chi connectivity index (χ0v) is 15.7. The molecule has 118 valence electrons. The van der Waals surface area contributed by atoms with E-state index in [9.17, 15) is 5.11 Å². The van der Waals surface area contributed by atoms with Crippen LogP contribution in [0.5, 0.6) is 5.75 Å². The van der Waals surface area contributed by atoms with Crippen molar-refractivity contribution >= 4 is 31.9 Å². The fourth-order valence-corrected chi connectivity index (χ4v) is 4.14. The Morgan fingerprint density at radius 1 is 1.19 bits per heavy atom. The van der Waals surface area contributed by atoms with Crippen LogP contribution in [0.1, 0.15) is 44.2 Å². The minimum Gasteiger partial charge on any atom is -0.506 e. The molecule has 21 heavy (non-hydrogen) atoms. The van der Waals surface area contributed by atoms with E-state index < -0.39 is 0 Å². The van der Waals surface area contributed by atoms with E-state index in [1.807, 2.05) is 0 Å². The van der Waals surface area contributed by atoms with E-state index in [0.717, 1.165) is 35.1 Å². The molecule has 0 saturated carbocycles. The van der Waals surface area contributed by atoms with E-state index in [0.29, 0.717) is 6.04 Å². The molecule has 1 aliphatic heterocycles. The molecule has 2 N–H and O–H groups in total. The number of rotatable bonds is 6. The van der Waals surface area contributed by atoms with Crippen LogP contribution in [-0.2, 0) is 0 Å². The lowest BCUT2D eigenvalue weighted by atomic mass is 9.98. The van der Waals surface area contributed by atoms with Crippen molar-refractivity contribution in [3.63, 3.8) is 0 Å². The SMILES string of the molecule is CCCCC[C@H](c1cc(Br)c(O)c(Br)c1)N1CCNCC1. The van der Waals surface area contributed by atoms with Crippen molar-refractivity contribution in [1.29, 1.82) is 0 Å². The molecule has 1 atom stereocenters. The predicted molar refractivity (Wildman–Crippen MR) is 94.8 cm³/mol. The van der Waals surface area contributed by atoms with Gasteiger partial charge in [-0.1, -0.05) is 26.2 Å². The van der Waals surface area contributed by atoms with Crippen molar-refractivity contribution in [3.8, 4) is 5.75 Å². The van der Waals surface area contributed by atoms with Crippen LogP contribution in [0.15, 0.2) is 21.1 Å². The lowest BCUT2D eigenvalue weighted by molar-refractivity contribution is 0.162. The van der Waals surface area contributed by atoms with E-state index in [-0.39, 0.29) is 5.75 Å². The molecule has 0 radical (unpaired) electrons. The van der Waals surface area contributed by atoms with Gasteiger partial charge in [-0.15, -0.1) is 0 Å². The Morgan fingerprint density at radius 2 is 1.81 bits per heavy atom. The van der Waals surface area contributed by atoms with Gasteiger partial charge in [0.2, 0.25) is 0 Å². The summed E-state index contributed by atoms with van der Waals surface area (Å²) in [6.45, 7) is 6.54. The number of piperazine rings is 1. The number of nitrogens with zero attached hydrogens (tertiary/aromatic N) is 1. The molecule has 5 heteroatoms. The maximum atomic E-state index is 9.92. The summed E-state index contributed by atoms with van der Waals surface area (Å²) >= 11 is 6.92. The summed E-state index contributed by atoms with van der Waals surface area (Å²) in [4.78, 5) is 2.57. The summed E-state index contributed by atoms with van der Waals surface area (Å²) in [5, 5.41) is 13.3. The normalized spacial score (nSPS) is 17.9. The van der Waals surface area contributed by atoms with Crippen molar-refractivity contribution in [3.05, 3.63) is 26.6 Å². The number of halogens is 2. The highest BCUT2D eigenvalue weighted by molar-refractivity contribution is 9.11. The zero-order valence-electron chi connectivity index (χ0n) is 12.5. The molecular weight excluding hydrogens is 396 g/mol. The Bertz CT molecular complexity index is 439. The summed E-state index contributed by atoms with van der Waals surface area (Å²) in [7, 11) is 0. The van der Waals surface area contributed by atoms with Gasteiger partial charge in [0.05, 0.1) is 8.95 Å². The van der Waals surface area contributed by atoms with Gasteiger partial charge in [-0.3, -0.25) is 4.90 Å². The Kier molecular flexibility index (Phi) is 6.99. The minimum atomic E-state index is 0.284. The Balaban J connectivity index is 2.20. The number of phenols is 1. The predicted octanol–water partition coefficient (Wildman–Crippen LogP) is 4.44. The molecule has 0 aromatic heterocycles. The fourth-order valence-electron chi connectivity index (χ4n) is 2.92. The Labute approximate surface area is 144 Å². The molecular formula is C16H24Br2N2O. The number of unbranched alkanes of at least 4 members (excludes halogenated alkanes) is 2. The number of phenolic OH excluding ortho intramolecular Hbond substituents is 1. The third-order valence-electron chi connectivity index (χ3n) is 4.10. The molecule has 0 bridgehead atoms. The molecule has 3 nitrogen and oxygen atoms in total. The summed E-state index contributed by atoms with van der Waals surface area (Å²) in [5.74, 6) is 0.284. The monoisotopic (exact) mass is 418 g/mol. The van der Waals surface area contributed by atoms with Crippen molar-refractivity contribution < 1.29 is 5.11 Å². The van der Waals surface area contributed by atoms with Gasteiger partial charge in [-0.05, 0) is 56.0 Å². The van der Waals surface area contributed by atoms with E-state index in [1.54, 1.807) is 0 Å². The van der Waals surface area contributed by atoms with Crippen LogP contribution < -0.4 is 5.32 Å². The minimum absolute atomic E-state index is 0.284. The van der Waals surface area contributed by atoms with Crippen molar-refractivity contribution in [2.45, 2.75) is 38.6 Å². The number of nitrogens with one attached hydrogen (secondary N) is 1. The third kappa shape index (κ3) is 4.68. The average molecular weight is 420 g/mol. The molecule has 1 saturated heterocycles. The van der Waals surface area contributed by atoms with Crippen LogP contribution in [0.4, 0.5) is 0 Å². The second-order valence-corrected chi connectivity index (χ2v) is 7.34. The third-order valence-corrected chi connectivity index (χ3v) is 5.31. The van der Waals surface area contributed by atoms with Crippen molar-refractivity contribution in [2.24, 2.45) is 0 Å². The number of hydrogen-bond donors (Lipinski definition) is 2. The first-order valence-corrected chi connectivity index (χ1v) is 9.34. The zero-order chi connectivity index (χ0) is 15.2. The Morgan fingerprint density at radius 3 is 2.38 bits per heavy atom. The summed E-state index contributed by atoms with van der Waals surface area (Å²) in [5.41, 5.74) is 1.28. The van der Waals surface area contributed by atoms with Crippen LogP contribution in [-0.4, -0.2) is 36.2 Å². The molecule has 1 aliphatic rings. The molecule has 1 aromatic rings. The lowest BCUT2D eigenvalue weighted by Gasteiger charge is -2.35. The lowest BCUT2D eigenvalue weighted by Crippen LogP contribution is -2.45. The maximum Gasteiger partial charge on any atom is 0.143 e. The number of benzene rings is 1. The largest absolute Gasteiger partial charge is 0.506 e. The highest BCUT2D eigenvalue weighted by Gasteiger charge is 2.23. The van der Waals surface area contributed by atoms with Gasteiger partial charge in [-0.25, -0.2) is 0 Å². The smallest absolute Gasteiger partial charge is 0.143 e. The van der Waals surface area contributed by atoms with Gasteiger partial charge in [0.1, 0.15) is 5.75 Å². The van der Waals surface area contributed by atoms with E-state index >= 15 is 0 Å². The second kappa shape index (κ2) is 8.51. The maximum absolute atomic E-state index is 9.92. The molecule has 1 aromatic carbocycles. The van der Waals surface area contributed by atoms with E-state index in [2.05, 4.69) is 61.1 Å². The van der Waals surface area contributed by atoms with Gasteiger partial charge in [0, 0.05) is 32.2 Å². The van der Waals surface area contributed by atoms with Gasteiger partial charge in [-0.2, -0.15) is 0 Å². The van der Waals surface area contributed by atoms with E-state index in [4.69, 9.17) is 0 Å². The molecule has 1 heterocycles. The van der Waals surface area contributed by atoms with Crippen LogP contribution >= 0.6 is 31.9 Å². The van der Waals surface area contributed by atoms with Gasteiger partial charge in [0.15, 0.2) is 0 Å². The number of hydrogen-bond acceptors (Lipinski definition) is 3. The van der Waals surface area contributed by atoms with Gasteiger partial charge < -0.3 is 10.4 Å². The van der Waals surface area contributed by atoms with Crippen LogP contribution in [0.2, 0.25) is 0 Å². The molecule has 0 spiro atoms. The highest BCUT2D eigenvalue weighted by atomic mass is 79.9. The van der Waals surface area contributed by atoms with Gasteiger partial charge >= 0.3 is 0 Å². The summed E-state index contributed by atoms with van der Waals surface area (Å²) in [6.07, 6.45) is 4.96. The topological polar surface area (TPSA) is 35.5 Å². The van der Waals surface area contributed by atoms with E-state index in [1.165, 1.54) is 31.2 Å². The molecule has 0 amide bonds. The number of aromatic hydroxyl groups is 1. The summed E-state index contributed by atoms with van der Waals surface area (Å²) < 4.78 is 1.53. The van der Waals surface area contributed by atoms with Crippen LogP contribution in [0, 0.1) is 0 Å². The summed E-state index contributed by atoms with van der Waals surface area (Å²) in [6, 6.07) is 4.57. The quantitative estimate of drug-likeness (QED) is 0.668. The molecule has 0 aliphatic carbocycles. The van der Waals surface area contributed by atoms with Crippen LogP contribution in [0.25, 0.3) is 0 Å². The molecule has 1 fully saturated rings. The van der Waals surface area contributed by atoms with Gasteiger partial charge in [0.25, 0.3) is 0 Å². The van der Waals surface area contributed by atoms with Crippen molar-refractivity contribution in [1.82, 2.24) is 10.2 Å². The Hall–Kier alpha value is -0.100. The average Bonchev–Trinajstić information content (AvgIpc) is 2.50. The first kappa shape index (κ1) is 17.3. The first-order chi connectivity index (χ1) is 10.1. The van der Waals surface area contributed by atoms with Crippen LogP contribution in [0.3, 0.4) is 0 Å².